The molecule has 3 rings (SSSR count). The maximum atomic E-state index is 13.3. The third kappa shape index (κ3) is 2.48. The molecule has 0 spiro atoms. The Kier molecular flexibility index (Phi) is 3.73. The van der Waals surface area contributed by atoms with Crippen LogP contribution in [-0.4, -0.2) is 28.1 Å². The largest absolute Gasteiger partial charge is 0.382 e. The van der Waals surface area contributed by atoms with Gasteiger partial charge < -0.3 is 10.6 Å². The maximum absolute atomic E-state index is 13.3. The summed E-state index contributed by atoms with van der Waals surface area (Å²) in [5.41, 5.74) is 5.71. The Morgan fingerprint density at radius 3 is 2.58 bits per heavy atom. The Hall–Kier alpha value is -3.28. The van der Waals surface area contributed by atoms with Crippen LogP contribution in [0.2, 0.25) is 0 Å². The summed E-state index contributed by atoms with van der Waals surface area (Å²) in [6, 6.07) is 4.51. The van der Waals surface area contributed by atoms with Gasteiger partial charge in [0.2, 0.25) is 5.91 Å². The second-order valence-corrected chi connectivity index (χ2v) is 5.26. The molecule has 1 aromatic carbocycles. The summed E-state index contributed by atoms with van der Waals surface area (Å²) in [6.07, 6.45) is 1.28. The minimum absolute atomic E-state index is 0.0258. The predicted molar refractivity (Wildman–Crippen MR) is 78.8 cm³/mol. The van der Waals surface area contributed by atoms with Crippen LogP contribution in [0.1, 0.15) is 16.8 Å². The highest BCUT2D eigenvalue weighted by molar-refractivity contribution is 6.10. The monoisotopic (exact) mass is 331 g/mol. The van der Waals surface area contributed by atoms with Crippen LogP contribution < -0.4 is 10.6 Å². The van der Waals surface area contributed by atoms with Gasteiger partial charge in [-0.2, -0.15) is 15.0 Å². The van der Waals surface area contributed by atoms with Crippen LogP contribution in [0.3, 0.4) is 0 Å². The van der Waals surface area contributed by atoms with E-state index < -0.39 is 29.4 Å². The number of rotatable bonds is 2. The van der Waals surface area contributed by atoms with Crippen molar-refractivity contribution in [3.05, 3.63) is 41.6 Å². The molecule has 9 heteroatoms. The Balaban J connectivity index is 1.87. The molecule has 0 unspecified atom stereocenters. The second-order valence-electron chi connectivity index (χ2n) is 5.26. The number of nitrogen functional groups attached to an aromatic ring is 1. The molecular formula is C15H11F2N5O2. The fraction of sp³-hybridized carbons (Fsp3) is 0.200. The number of nitriles is 1. The number of benzene rings is 1. The number of hydrogen-bond acceptors (Lipinski definition) is 5. The molecule has 1 saturated heterocycles. The van der Waals surface area contributed by atoms with Crippen LogP contribution in [-0.2, 0) is 4.79 Å². The van der Waals surface area contributed by atoms with Crippen LogP contribution in [0.5, 0.6) is 0 Å². The minimum Gasteiger partial charge on any atom is -0.382 e. The van der Waals surface area contributed by atoms with E-state index in [1.807, 2.05) is 0 Å². The first-order valence-corrected chi connectivity index (χ1v) is 6.97. The highest BCUT2D eigenvalue weighted by Crippen LogP contribution is 2.28. The van der Waals surface area contributed by atoms with Gasteiger partial charge in [-0.05, 0) is 18.6 Å². The summed E-state index contributed by atoms with van der Waals surface area (Å²) >= 11 is 0. The van der Waals surface area contributed by atoms with Crippen LogP contribution in [0.25, 0.3) is 0 Å². The van der Waals surface area contributed by atoms with Crippen molar-refractivity contribution in [2.45, 2.75) is 6.42 Å². The van der Waals surface area contributed by atoms with E-state index in [9.17, 15) is 18.4 Å². The van der Waals surface area contributed by atoms with Gasteiger partial charge in [-0.15, -0.1) is 0 Å². The van der Waals surface area contributed by atoms with Gasteiger partial charge in [0.25, 0.3) is 5.91 Å². The normalized spacial score (nSPS) is 17.1. The van der Waals surface area contributed by atoms with Crippen LogP contribution in [0.15, 0.2) is 24.4 Å². The van der Waals surface area contributed by atoms with E-state index in [0.717, 1.165) is 27.9 Å². The molecule has 2 N–H and O–H groups in total. The third-order valence-electron chi connectivity index (χ3n) is 3.80. The van der Waals surface area contributed by atoms with Crippen molar-refractivity contribution >= 4 is 23.3 Å². The van der Waals surface area contributed by atoms with Crippen molar-refractivity contribution in [2.75, 3.05) is 17.2 Å². The van der Waals surface area contributed by atoms with Crippen molar-refractivity contribution in [1.29, 1.82) is 5.26 Å². The molecule has 122 valence electrons. The summed E-state index contributed by atoms with van der Waals surface area (Å²) in [7, 11) is 0. The summed E-state index contributed by atoms with van der Waals surface area (Å²) < 4.78 is 27.4. The number of anilines is 2. The van der Waals surface area contributed by atoms with Gasteiger partial charge in [0.05, 0.1) is 6.20 Å². The number of nitrogens with zero attached hydrogens (tertiary/aromatic N) is 4. The smallest absolute Gasteiger partial charge is 0.261 e. The Labute approximate surface area is 134 Å². The van der Waals surface area contributed by atoms with Gasteiger partial charge in [0.15, 0.2) is 0 Å². The molecule has 24 heavy (non-hydrogen) atoms. The van der Waals surface area contributed by atoms with E-state index in [2.05, 4.69) is 5.10 Å². The molecule has 1 aliphatic heterocycles. The van der Waals surface area contributed by atoms with E-state index in [1.165, 1.54) is 0 Å². The van der Waals surface area contributed by atoms with Crippen molar-refractivity contribution in [1.82, 2.24) is 9.78 Å². The van der Waals surface area contributed by atoms with E-state index in [4.69, 9.17) is 11.0 Å². The van der Waals surface area contributed by atoms with Gasteiger partial charge in [0.1, 0.15) is 35.0 Å². The first-order chi connectivity index (χ1) is 11.4. The molecule has 0 bridgehead atoms. The van der Waals surface area contributed by atoms with Crippen LogP contribution in [0, 0.1) is 28.9 Å². The lowest BCUT2D eigenvalue weighted by atomic mass is 10.1. The van der Waals surface area contributed by atoms with Crippen molar-refractivity contribution in [3.63, 3.8) is 0 Å². The lowest BCUT2D eigenvalue weighted by molar-refractivity contribution is -0.119. The average Bonchev–Trinajstić information content (AvgIpc) is 3.08. The summed E-state index contributed by atoms with van der Waals surface area (Å²) in [6.45, 7) is 0.129. The van der Waals surface area contributed by atoms with Gasteiger partial charge >= 0.3 is 0 Å². The zero-order valence-electron chi connectivity index (χ0n) is 12.2. The minimum atomic E-state index is -1.08. The first-order valence-electron chi connectivity index (χ1n) is 6.97. The zero-order chi connectivity index (χ0) is 17.4. The quantitative estimate of drug-likeness (QED) is 0.835. The SMILES string of the molecule is N#Cc1cnn(C(=O)[C@@H]2CCN(c3cc(F)cc(F)c3)C2=O)c1N. The van der Waals surface area contributed by atoms with Crippen molar-refractivity contribution < 1.29 is 18.4 Å². The Morgan fingerprint density at radius 2 is 2.00 bits per heavy atom. The maximum Gasteiger partial charge on any atom is 0.261 e. The predicted octanol–water partition coefficient (Wildman–Crippen LogP) is 1.31. The molecule has 7 nitrogen and oxygen atoms in total. The fourth-order valence-corrected chi connectivity index (χ4v) is 2.63. The molecule has 1 atom stereocenters. The Bertz CT molecular complexity index is 866. The van der Waals surface area contributed by atoms with E-state index in [1.54, 1.807) is 6.07 Å². The summed E-state index contributed by atoms with van der Waals surface area (Å²) in [4.78, 5) is 26.0. The van der Waals surface area contributed by atoms with Crippen LogP contribution >= 0.6 is 0 Å². The van der Waals surface area contributed by atoms with E-state index >= 15 is 0 Å². The highest BCUT2D eigenvalue weighted by Gasteiger charge is 2.39. The molecule has 1 aliphatic rings. The number of hydrogen-bond donors (Lipinski definition) is 1. The standard InChI is InChI=1S/C15H11F2N5O2/c16-9-3-10(17)5-11(4-9)21-2-1-12(14(21)23)15(24)22-13(19)8(6-18)7-20-22/h3-5,7,12H,1-2,19H2/t12-/m1/s1. The number of carbonyl (C=O) groups excluding carboxylic acids is 2. The molecular weight excluding hydrogens is 320 g/mol. The Morgan fingerprint density at radius 1 is 1.33 bits per heavy atom. The topological polar surface area (TPSA) is 105 Å². The number of aromatic nitrogens is 2. The van der Waals surface area contributed by atoms with Crippen molar-refractivity contribution in [2.24, 2.45) is 5.92 Å². The second kappa shape index (κ2) is 5.73. The fourth-order valence-electron chi connectivity index (χ4n) is 2.63. The highest BCUT2D eigenvalue weighted by atomic mass is 19.1. The number of carbonyl (C=O) groups is 2. The molecule has 0 radical (unpaired) electrons. The van der Waals surface area contributed by atoms with Crippen LogP contribution in [0.4, 0.5) is 20.3 Å². The number of halogens is 2. The van der Waals surface area contributed by atoms with E-state index in [-0.39, 0.29) is 30.0 Å². The average molecular weight is 331 g/mol. The molecule has 1 amide bonds. The van der Waals surface area contributed by atoms with Gasteiger partial charge in [-0.3, -0.25) is 9.59 Å². The molecule has 1 fully saturated rings. The summed E-state index contributed by atoms with van der Waals surface area (Å²) in [5, 5.41) is 12.6. The third-order valence-corrected chi connectivity index (χ3v) is 3.80. The van der Waals surface area contributed by atoms with Gasteiger partial charge in [-0.1, -0.05) is 0 Å². The molecule has 0 aliphatic carbocycles. The lowest BCUT2D eigenvalue weighted by Crippen LogP contribution is -2.33. The molecule has 2 aromatic rings. The molecule has 2 heterocycles. The van der Waals surface area contributed by atoms with E-state index in [0.29, 0.717) is 6.07 Å². The molecule has 1 aromatic heterocycles. The van der Waals surface area contributed by atoms with Gasteiger partial charge in [-0.25, -0.2) is 8.78 Å². The lowest BCUT2D eigenvalue weighted by Gasteiger charge is -2.17. The first kappa shape index (κ1) is 15.6. The van der Waals surface area contributed by atoms with Gasteiger partial charge in [0, 0.05) is 18.3 Å². The number of nitrogens with two attached hydrogens (primary N) is 1. The summed E-state index contributed by atoms with van der Waals surface area (Å²) in [5.74, 6) is -4.14. The zero-order valence-corrected chi connectivity index (χ0v) is 12.2. The number of amides is 1. The van der Waals surface area contributed by atoms with Crippen molar-refractivity contribution in [3.8, 4) is 6.07 Å². The molecule has 0 saturated carbocycles.